The van der Waals surface area contributed by atoms with E-state index in [1.165, 1.54) is 16.0 Å². The van der Waals surface area contributed by atoms with Gasteiger partial charge in [-0.15, -0.1) is 11.8 Å². The van der Waals surface area contributed by atoms with Gasteiger partial charge >= 0.3 is 0 Å². The van der Waals surface area contributed by atoms with Gasteiger partial charge in [-0.3, -0.25) is 0 Å². The van der Waals surface area contributed by atoms with Gasteiger partial charge in [0.05, 0.1) is 0 Å². The van der Waals surface area contributed by atoms with E-state index in [2.05, 4.69) is 54.6 Å². The summed E-state index contributed by atoms with van der Waals surface area (Å²) in [5, 5.41) is 0. The molecule has 0 heterocycles. The van der Waals surface area contributed by atoms with Crippen LogP contribution in [-0.4, -0.2) is 5.75 Å². The van der Waals surface area contributed by atoms with Gasteiger partial charge in [0, 0.05) is 16.7 Å². The molecular formula is C16H19NS. The second kappa shape index (κ2) is 6.62. The molecule has 0 aliphatic carbocycles. The predicted molar refractivity (Wildman–Crippen MR) is 79.9 cm³/mol. The van der Waals surface area contributed by atoms with Crippen molar-refractivity contribution in [1.29, 1.82) is 0 Å². The molecule has 1 atom stereocenters. The third kappa shape index (κ3) is 3.90. The van der Waals surface area contributed by atoms with Crippen LogP contribution in [0.4, 0.5) is 0 Å². The van der Waals surface area contributed by atoms with Gasteiger partial charge in [0.1, 0.15) is 0 Å². The molecule has 0 aromatic heterocycles. The van der Waals surface area contributed by atoms with Crippen LogP contribution in [0.15, 0.2) is 59.5 Å². The first-order valence-electron chi connectivity index (χ1n) is 6.28. The van der Waals surface area contributed by atoms with Crippen LogP contribution in [0, 0.1) is 0 Å². The first kappa shape index (κ1) is 13.2. The van der Waals surface area contributed by atoms with Crippen molar-refractivity contribution in [2.45, 2.75) is 24.3 Å². The number of nitrogens with two attached hydrogens (primary N) is 1. The van der Waals surface area contributed by atoms with E-state index in [0.29, 0.717) is 0 Å². The lowest BCUT2D eigenvalue weighted by molar-refractivity contribution is 0.817. The Labute approximate surface area is 113 Å². The van der Waals surface area contributed by atoms with E-state index in [1.807, 2.05) is 18.7 Å². The van der Waals surface area contributed by atoms with E-state index >= 15 is 0 Å². The summed E-state index contributed by atoms with van der Waals surface area (Å²) in [5.41, 5.74) is 8.43. The molecule has 0 spiro atoms. The summed E-state index contributed by atoms with van der Waals surface area (Å²) in [5.74, 6) is 1.11. The summed E-state index contributed by atoms with van der Waals surface area (Å²) in [6.45, 7) is 2.01. The van der Waals surface area contributed by atoms with Crippen molar-refractivity contribution >= 4 is 11.8 Å². The third-order valence-electron chi connectivity index (χ3n) is 2.91. The van der Waals surface area contributed by atoms with Crippen molar-refractivity contribution in [3.8, 4) is 0 Å². The third-order valence-corrected chi connectivity index (χ3v) is 3.92. The topological polar surface area (TPSA) is 26.0 Å². The number of hydrogen-bond donors (Lipinski definition) is 1. The highest BCUT2D eigenvalue weighted by Gasteiger charge is 1.99. The highest BCUT2D eigenvalue weighted by atomic mass is 32.2. The monoisotopic (exact) mass is 257 g/mol. The van der Waals surface area contributed by atoms with E-state index in [9.17, 15) is 0 Å². The van der Waals surface area contributed by atoms with Crippen molar-refractivity contribution in [2.24, 2.45) is 5.73 Å². The van der Waals surface area contributed by atoms with Gasteiger partial charge in [0.2, 0.25) is 0 Å². The lowest BCUT2D eigenvalue weighted by atomic mass is 10.1. The van der Waals surface area contributed by atoms with Crippen molar-refractivity contribution in [1.82, 2.24) is 0 Å². The zero-order chi connectivity index (χ0) is 12.8. The van der Waals surface area contributed by atoms with Gasteiger partial charge in [-0.05, 0) is 36.6 Å². The first-order valence-corrected chi connectivity index (χ1v) is 7.26. The number of benzene rings is 2. The highest BCUT2D eigenvalue weighted by molar-refractivity contribution is 7.99. The largest absolute Gasteiger partial charge is 0.324 e. The molecule has 2 aromatic carbocycles. The maximum Gasteiger partial charge on any atom is 0.0266 e. The molecule has 94 valence electrons. The Hall–Kier alpha value is -1.25. The SMILES string of the molecule is CC(N)c1ccc(SCCc2ccccc2)cc1. The second-order valence-electron chi connectivity index (χ2n) is 4.44. The molecule has 0 radical (unpaired) electrons. The Morgan fingerprint density at radius 1 is 1.00 bits per heavy atom. The van der Waals surface area contributed by atoms with Crippen LogP contribution in [0.3, 0.4) is 0 Å². The van der Waals surface area contributed by atoms with Crippen LogP contribution in [0.2, 0.25) is 0 Å². The summed E-state index contributed by atoms with van der Waals surface area (Å²) < 4.78 is 0. The summed E-state index contributed by atoms with van der Waals surface area (Å²) in [6.07, 6.45) is 1.11. The van der Waals surface area contributed by atoms with Crippen molar-refractivity contribution in [2.75, 3.05) is 5.75 Å². The predicted octanol–water partition coefficient (Wildman–Crippen LogP) is 4.04. The molecule has 0 aliphatic heterocycles. The molecule has 1 unspecified atom stereocenters. The number of rotatable bonds is 5. The quantitative estimate of drug-likeness (QED) is 0.818. The molecular weight excluding hydrogens is 238 g/mol. The Kier molecular flexibility index (Phi) is 4.85. The molecule has 0 aliphatic rings. The molecule has 0 amide bonds. The fourth-order valence-electron chi connectivity index (χ4n) is 1.80. The maximum atomic E-state index is 5.83. The van der Waals surface area contributed by atoms with Gasteiger partial charge in [-0.2, -0.15) is 0 Å². The van der Waals surface area contributed by atoms with E-state index in [1.54, 1.807) is 0 Å². The molecule has 0 saturated heterocycles. The Balaban J connectivity index is 1.83. The molecule has 2 rings (SSSR count). The minimum atomic E-state index is 0.119. The molecule has 2 aromatic rings. The first-order chi connectivity index (χ1) is 8.75. The zero-order valence-corrected chi connectivity index (χ0v) is 11.5. The normalized spacial score (nSPS) is 12.3. The minimum Gasteiger partial charge on any atom is -0.324 e. The number of thioether (sulfide) groups is 1. The van der Waals surface area contributed by atoms with E-state index < -0.39 is 0 Å². The molecule has 18 heavy (non-hydrogen) atoms. The fourth-order valence-corrected chi connectivity index (χ4v) is 2.70. The Bertz CT molecular complexity index is 462. The molecule has 0 saturated carbocycles. The minimum absolute atomic E-state index is 0.119. The standard InChI is InChI=1S/C16H19NS/c1-13(17)15-7-9-16(10-8-15)18-12-11-14-5-3-2-4-6-14/h2-10,13H,11-12,17H2,1H3. The smallest absolute Gasteiger partial charge is 0.0266 e. The summed E-state index contributed by atoms with van der Waals surface area (Å²) >= 11 is 1.89. The van der Waals surface area contributed by atoms with E-state index in [0.717, 1.165) is 12.2 Å². The summed E-state index contributed by atoms with van der Waals surface area (Å²) in [7, 11) is 0. The lowest BCUT2D eigenvalue weighted by Crippen LogP contribution is -2.04. The average Bonchev–Trinajstić information content (AvgIpc) is 2.40. The van der Waals surface area contributed by atoms with Crippen LogP contribution in [-0.2, 0) is 6.42 Å². The van der Waals surface area contributed by atoms with Crippen LogP contribution in [0.5, 0.6) is 0 Å². The van der Waals surface area contributed by atoms with Crippen LogP contribution >= 0.6 is 11.8 Å². The average molecular weight is 257 g/mol. The number of hydrogen-bond acceptors (Lipinski definition) is 2. The Morgan fingerprint density at radius 3 is 2.28 bits per heavy atom. The van der Waals surface area contributed by atoms with Gasteiger partial charge in [-0.1, -0.05) is 42.5 Å². The second-order valence-corrected chi connectivity index (χ2v) is 5.61. The lowest BCUT2D eigenvalue weighted by Gasteiger charge is -2.07. The van der Waals surface area contributed by atoms with Gasteiger partial charge in [-0.25, -0.2) is 0 Å². The van der Waals surface area contributed by atoms with E-state index in [4.69, 9.17) is 5.73 Å². The van der Waals surface area contributed by atoms with Crippen molar-refractivity contribution in [3.63, 3.8) is 0 Å². The molecule has 2 heteroatoms. The van der Waals surface area contributed by atoms with Crippen LogP contribution in [0.1, 0.15) is 24.1 Å². The summed E-state index contributed by atoms with van der Waals surface area (Å²) in [4.78, 5) is 1.32. The Morgan fingerprint density at radius 2 is 1.67 bits per heavy atom. The fraction of sp³-hybridized carbons (Fsp3) is 0.250. The highest BCUT2D eigenvalue weighted by Crippen LogP contribution is 2.21. The molecule has 1 nitrogen and oxygen atoms in total. The maximum absolute atomic E-state index is 5.83. The van der Waals surface area contributed by atoms with Gasteiger partial charge in [0.25, 0.3) is 0 Å². The summed E-state index contributed by atoms with van der Waals surface area (Å²) in [6, 6.07) is 19.3. The zero-order valence-electron chi connectivity index (χ0n) is 10.7. The van der Waals surface area contributed by atoms with Crippen molar-refractivity contribution in [3.05, 3.63) is 65.7 Å². The van der Waals surface area contributed by atoms with Gasteiger partial charge in [0.15, 0.2) is 0 Å². The van der Waals surface area contributed by atoms with Gasteiger partial charge < -0.3 is 5.73 Å². The van der Waals surface area contributed by atoms with Crippen molar-refractivity contribution < 1.29 is 0 Å². The van der Waals surface area contributed by atoms with E-state index in [-0.39, 0.29) is 6.04 Å². The van der Waals surface area contributed by atoms with Crippen LogP contribution in [0.25, 0.3) is 0 Å². The molecule has 2 N–H and O–H groups in total. The molecule has 0 fully saturated rings. The molecule has 0 bridgehead atoms. The van der Waals surface area contributed by atoms with Crippen LogP contribution < -0.4 is 5.73 Å². The number of aryl methyl sites for hydroxylation is 1.